The first-order valence-corrected chi connectivity index (χ1v) is 11.1. The zero-order valence-electron chi connectivity index (χ0n) is 18.9. The molecule has 31 heavy (non-hydrogen) atoms. The van der Waals surface area contributed by atoms with Gasteiger partial charge in [-0.1, -0.05) is 0 Å². The number of carbonyl (C=O) groups excluding carboxylic acids is 1. The zero-order valence-corrected chi connectivity index (χ0v) is 18.9. The molecule has 0 spiro atoms. The number of fused-ring (bicyclic) bond motifs is 1. The highest BCUT2D eigenvalue weighted by Gasteiger charge is 2.29. The highest BCUT2D eigenvalue weighted by Crippen LogP contribution is 2.27. The van der Waals surface area contributed by atoms with Crippen molar-refractivity contribution in [2.45, 2.75) is 64.2 Å². The number of ether oxygens (including phenoxy) is 2. The van der Waals surface area contributed by atoms with Crippen molar-refractivity contribution in [3.63, 3.8) is 0 Å². The summed E-state index contributed by atoms with van der Waals surface area (Å²) in [5.74, 6) is 0.695. The topological polar surface area (TPSA) is 92.7 Å². The molecule has 0 unspecified atom stereocenters. The summed E-state index contributed by atoms with van der Waals surface area (Å²) < 4.78 is 13.4. The molecule has 2 saturated heterocycles. The number of pyridine rings is 1. The molecule has 2 aromatic heterocycles. The Balaban J connectivity index is 1.47. The van der Waals surface area contributed by atoms with Crippen LogP contribution in [0.2, 0.25) is 0 Å². The Morgan fingerprint density at radius 2 is 1.81 bits per heavy atom. The Morgan fingerprint density at radius 3 is 2.45 bits per heavy atom. The van der Waals surface area contributed by atoms with Crippen LogP contribution in [0.1, 0.15) is 52.5 Å². The molecule has 0 radical (unpaired) electrons. The fourth-order valence-corrected chi connectivity index (χ4v) is 4.34. The third-order valence-corrected chi connectivity index (χ3v) is 6.00. The quantitative estimate of drug-likeness (QED) is 0.803. The predicted molar refractivity (Wildman–Crippen MR) is 118 cm³/mol. The van der Waals surface area contributed by atoms with Gasteiger partial charge in [-0.2, -0.15) is 0 Å². The summed E-state index contributed by atoms with van der Waals surface area (Å²) >= 11 is 0. The second-order valence-electron chi connectivity index (χ2n) is 9.66. The van der Waals surface area contributed by atoms with E-state index in [2.05, 4.69) is 21.9 Å². The molecule has 2 aromatic rings. The second kappa shape index (κ2) is 8.53. The maximum absolute atomic E-state index is 12.7. The van der Waals surface area contributed by atoms with E-state index in [9.17, 15) is 9.59 Å². The lowest BCUT2D eigenvalue weighted by Crippen LogP contribution is -2.43. The molecule has 170 valence electrons. The normalized spacial score (nSPS) is 19.7. The number of carbonyl (C=O) groups is 1. The molecular formula is C22H33N5O4. The van der Waals surface area contributed by atoms with Crippen LogP contribution in [0.5, 0.6) is 5.75 Å². The van der Waals surface area contributed by atoms with Crippen molar-refractivity contribution >= 4 is 17.3 Å². The molecule has 2 fully saturated rings. The number of hydrogen-bond acceptors (Lipinski definition) is 6. The largest absolute Gasteiger partial charge is 0.489 e. The highest BCUT2D eigenvalue weighted by atomic mass is 16.6. The summed E-state index contributed by atoms with van der Waals surface area (Å²) in [5.41, 5.74) is 0.633. The van der Waals surface area contributed by atoms with Crippen molar-refractivity contribution in [2.75, 3.05) is 33.2 Å². The number of aromatic nitrogens is 3. The summed E-state index contributed by atoms with van der Waals surface area (Å²) in [7, 11) is 2.12. The van der Waals surface area contributed by atoms with Gasteiger partial charge in [0.1, 0.15) is 17.5 Å². The monoisotopic (exact) mass is 431 g/mol. The first-order chi connectivity index (χ1) is 14.7. The Labute approximate surface area is 182 Å². The zero-order chi connectivity index (χ0) is 22.2. The van der Waals surface area contributed by atoms with E-state index in [1.54, 1.807) is 15.7 Å². The van der Waals surface area contributed by atoms with Crippen LogP contribution in [0.4, 0.5) is 4.79 Å². The lowest BCUT2D eigenvalue weighted by Gasteiger charge is -2.33. The Kier molecular flexibility index (Phi) is 5.96. The molecule has 0 atom stereocenters. The van der Waals surface area contributed by atoms with Crippen LogP contribution in [-0.2, 0) is 4.74 Å². The van der Waals surface area contributed by atoms with Gasteiger partial charge < -0.3 is 19.3 Å². The van der Waals surface area contributed by atoms with E-state index in [1.807, 2.05) is 26.8 Å². The second-order valence-corrected chi connectivity index (χ2v) is 9.66. The molecular weight excluding hydrogens is 398 g/mol. The molecule has 2 aliphatic rings. The number of nitrogens with one attached hydrogen (secondary N) is 1. The van der Waals surface area contributed by atoms with Crippen molar-refractivity contribution in [1.82, 2.24) is 24.3 Å². The summed E-state index contributed by atoms with van der Waals surface area (Å²) in [6.07, 6.45) is 4.90. The van der Waals surface area contributed by atoms with E-state index in [0.717, 1.165) is 31.4 Å². The number of amides is 1. The van der Waals surface area contributed by atoms with Crippen molar-refractivity contribution in [3.8, 4) is 5.75 Å². The number of likely N-dealkylation sites (tertiary alicyclic amines) is 2. The molecule has 1 amide bonds. The van der Waals surface area contributed by atoms with Gasteiger partial charge in [0.25, 0.3) is 0 Å². The van der Waals surface area contributed by atoms with Crippen molar-refractivity contribution in [2.24, 2.45) is 0 Å². The molecule has 1 N–H and O–H groups in total. The van der Waals surface area contributed by atoms with Crippen LogP contribution in [0.3, 0.4) is 0 Å². The van der Waals surface area contributed by atoms with Gasteiger partial charge in [0, 0.05) is 38.3 Å². The minimum atomic E-state index is -0.516. The maximum Gasteiger partial charge on any atom is 0.410 e. The molecule has 4 heterocycles. The number of piperidine rings is 2. The van der Waals surface area contributed by atoms with Gasteiger partial charge in [-0.05, 0) is 53.5 Å². The summed E-state index contributed by atoms with van der Waals surface area (Å²) in [5, 5.41) is 0. The third-order valence-electron chi connectivity index (χ3n) is 6.00. The summed E-state index contributed by atoms with van der Waals surface area (Å²) in [6.45, 7) is 8.73. The average Bonchev–Trinajstić information content (AvgIpc) is 3.03. The van der Waals surface area contributed by atoms with E-state index < -0.39 is 5.60 Å². The molecule has 4 rings (SSSR count). The minimum absolute atomic E-state index is 0.000293. The van der Waals surface area contributed by atoms with Crippen LogP contribution in [-0.4, -0.2) is 75.4 Å². The number of rotatable bonds is 3. The number of nitrogens with zero attached hydrogens (tertiary/aromatic N) is 4. The van der Waals surface area contributed by atoms with Crippen LogP contribution in [0.15, 0.2) is 17.1 Å². The van der Waals surface area contributed by atoms with E-state index in [0.29, 0.717) is 37.3 Å². The fourth-order valence-electron chi connectivity index (χ4n) is 4.34. The van der Waals surface area contributed by atoms with E-state index in [1.165, 1.54) is 0 Å². The van der Waals surface area contributed by atoms with Gasteiger partial charge in [-0.15, -0.1) is 0 Å². The highest BCUT2D eigenvalue weighted by molar-refractivity contribution is 5.72. The molecule has 9 heteroatoms. The minimum Gasteiger partial charge on any atom is -0.489 e. The van der Waals surface area contributed by atoms with Gasteiger partial charge in [0.2, 0.25) is 0 Å². The maximum atomic E-state index is 12.7. The fraction of sp³-hybridized carbons (Fsp3) is 0.682. The Morgan fingerprint density at radius 1 is 1.13 bits per heavy atom. The van der Waals surface area contributed by atoms with E-state index >= 15 is 0 Å². The van der Waals surface area contributed by atoms with Crippen LogP contribution in [0.25, 0.3) is 11.2 Å². The van der Waals surface area contributed by atoms with Crippen LogP contribution < -0.4 is 10.4 Å². The molecule has 0 bridgehead atoms. The molecule has 0 aromatic carbocycles. The van der Waals surface area contributed by atoms with Gasteiger partial charge in [-0.3, -0.25) is 9.55 Å². The number of hydrogen-bond donors (Lipinski definition) is 1. The third kappa shape index (κ3) is 5.03. The number of aromatic amines is 1. The van der Waals surface area contributed by atoms with Crippen LogP contribution >= 0.6 is 0 Å². The summed E-state index contributed by atoms with van der Waals surface area (Å²) in [6, 6.07) is 1.92. The summed E-state index contributed by atoms with van der Waals surface area (Å²) in [4.78, 5) is 36.3. The smallest absolute Gasteiger partial charge is 0.410 e. The van der Waals surface area contributed by atoms with Gasteiger partial charge in [0.15, 0.2) is 5.65 Å². The first-order valence-electron chi connectivity index (χ1n) is 11.1. The number of imidazole rings is 1. The molecule has 9 nitrogen and oxygen atoms in total. The predicted octanol–water partition coefficient (Wildman–Crippen LogP) is 2.77. The Hall–Kier alpha value is -2.55. The van der Waals surface area contributed by atoms with Crippen molar-refractivity contribution in [3.05, 3.63) is 22.7 Å². The van der Waals surface area contributed by atoms with E-state index in [-0.39, 0.29) is 23.9 Å². The molecule has 2 aliphatic heterocycles. The SMILES string of the molecule is CN1CCC(Oc2cnc3[nH]c(=O)n(C4CCN(C(=O)OC(C)(C)C)CC4)c3c2)CC1. The average molecular weight is 432 g/mol. The standard InChI is InChI=1S/C22H33N5O4/c1-22(2,3)31-21(29)26-11-5-15(6-12-26)27-18-13-17(14-23-19(18)24-20(27)28)30-16-7-9-25(4)10-8-16/h13-16H,5-12H2,1-4H3,(H,23,24,28). The van der Waals surface area contributed by atoms with Gasteiger partial charge in [0.05, 0.1) is 11.7 Å². The lowest BCUT2D eigenvalue weighted by molar-refractivity contribution is 0.0189. The Bertz CT molecular complexity index is 976. The number of H-pyrrole nitrogens is 1. The van der Waals surface area contributed by atoms with Gasteiger partial charge >= 0.3 is 11.8 Å². The van der Waals surface area contributed by atoms with Crippen molar-refractivity contribution in [1.29, 1.82) is 0 Å². The lowest BCUT2D eigenvalue weighted by atomic mass is 10.0. The van der Waals surface area contributed by atoms with Crippen molar-refractivity contribution < 1.29 is 14.3 Å². The molecule has 0 saturated carbocycles. The van der Waals surface area contributed by atoms with E-state index in [4.69, 9.17) is 9.47 Å². The first kappa shape index (κ1) is 21.7. The van der Waals surface area contributed by atoms with Gasteiger partial charge in [-0.25, -0.2) is 14.6 Å². The van der Waals surface area contributed by atoms with Crippen LogP contribution in [0, 0.1) is 0 Å². The molecule has 0 aliphatic carbocycles.